The second-order valence-corrected chi connectivity index (χ2v) is 13.2. The van der Waals surface area contributed by atoms with E-state index >= 15 is 0 Å². The third-order valence-electron chi connectivity index (χ3n) is 9.43. The number of thiophene rings is 1. The Morgan fingerprint density at radius 2 is 1.16 bits per heavy atom. The van der Waals surface area contributed by atoms with E-state index in [9.17, 15) is 0 Å². The van der Waals surface area contributed by atoms with Crippen LogP contribution in [0.15, 0.2) is 140 Å². The van der Waals surface area contributed by atoms with E-state index in [0.29, 0.717) is 0 Å². The molecule has 0 saturated carbocycles. The lowest BCUT2D eigenvalue weighted by molar-refractivity contribution is 0.660. The molecule has 2 heteroatoms. The summed E-state index contributed by atoms with van der Waals surface area (Å²) in [6.07, 6.45) is 0. The van der Waals surface area contributed by atoms with E-state index in [1.807, 2.05) is 11.3 Å². The first-order valence-electron chi connectivity index (χ1n) is 14.9. The van der Waals surface area contributed by atoms with E-state index in [0.717, 1.165) is 5.69 Å². The zero-order valence-electron chi connectivity index (χ0n) is 24.1. The van der Waals surface area contributed by atoms with Gasteiger partial charge < -0.3 is 4.90 Å². The predicted octanol–water partition coefficient (Wildman–Crippen LogP) is 12.1. The fourth-order valence-electron chi connectivity index (χ4n) is 7.32. The lowest BCUT2D eigenvalue weighted by Gasteiger charge is -2.27. The number of rotatable bonds is 3. The second kappa shape index (κ2) is 9.04. The van der Waals surface area contributed by atoms with Gasteiger partial charge in [0, 0.05) is 48.0 Å². The van der Waals surface area contributed by atoms with E-state index in [2.05, 4.69) is 158 Å². The van der Waals surface area contributed by atoms with Crippen molar-refractivity contribution in [1.82, 2.24) is 0 Å². The minimum absolute atomic E-state index is 0.00896. The van der Waals surface area contributed by atoms with Crippen molar-refractivity contribution in [2.45, 2.75) is 19.3 Å². The molecule has 0 radical (unpaired) electrons. The van der Waals surface area contributed by atoms with Crippen LogP contribution in [0.2, 0.25) is 0 Å². The molecule has 0 bridgehead atoms. The van der Waals surface area contributed by atoms with Crippen molar-refractivity contribution in [2.75, 3.05) is 4.90 Å². The highest BCUT2D eigenvalue weighted by molar-refractivity contribution is 7.26. The van der Waals surface area contributed by atoms with Crippen molar-refractivity contribution in [3.63, 3.8) is 0 Å². The summed E-state index contributed by atoms with van der Waals surface area (Å²) in [5.41, 5.74) is 8.97. The first-order chi connectivity index (χ1) is 21.1. The average Bonchev–Trinajstić information content (AvgIpc) is 3.53. The monoisotopic (exact) mass is 567 g/mol. The molecule has 0 unspecified atom stereocenters. The van der Waals surface area contributed by atoms with Gasteiger partial charge in [-0.1, -0.05) is 117 Å². The van der Waals surface area contributed by atoms with E-state index in [1.54, 1.807) is 0 Å². The summed E-state index contributed by atoms with van der Waals surface area (Å²) in [5, 5.41) is 7.92. The second-order valence-electron chi connectivity index (χ2n) is 12.2. The van der Waals surface area contributed by atoms with Crippen molar-refractivity contribution >= 4 is 70.1 Å². The number of hydrogen-bond acceptors (Lipinski definition) is 2. The highest BCUT2D eigenvalue weighted by Crippen LogP contribution is 2.51. The zero-order valence-corrected chi connectivity index (χ0v) is 25.0. The predicted molar refractivity (Wildman–Crippen MR) is 187 cm³/mol. The maximum absolute atomic E-state index is 2.41. The van der Waals surface area contributed by atoms with Gasteiger partial charge in [0.1, 0.15) is 0 Å². The Hall–Kier alpha value is -4.92. The quantitative estimate of drug-likeness (QED) is 0.192. The van der Waals surface area contributed by atoms with Crippen molar-refractivity contribution in [3.8, 4) is 11.1 Å². The van der Waals surface area contributed by atoms with Crippen LogP contribution in [0.5, 0.6) is 0 Å². The standard InChI is InChI=1S/C41H29NS/c1-41(2)36-15-9-8-14-32(36)35-24-29(20-23-37(35)41)42(28-11-4-3-5-12-28)30-19-22-33-34-21-18-27-17-16-26-10-6-7-13-31(26)39(27)40(34)43-38(33)25-30/h3-25H,1-2H3. The maximum atomic E-state index is 2.41. The molecule has 0 spiro atoms. The van der Waals surface area contributed by atoms with Gasteiger partial charge >= 0.3 is 0 Å². The van der Waals surface area contributed by atoms with Gasteiger partial charge in [-0.25, -0.2) is 0 Å². The molecule has 8 aromatic rings. The van der Waals surface area contributed by atoms with E-state index in [1.165, 1.54) is 75.3 Å². The van der Waals surface area contributed by atoms with Crippen molar-refractivity contribution in [2.24, 2.45) is 0 Å². The summed E-state index contributed by atoms with van der Waals surface area (Å²) in [6, 6.07) is 51.5. The van der Waals surface area contributed by atoms with Gasteiger partial charge in [0.05, 0.1) is 0 Å². The summed E-state index contributed by atoms with van der Waals surface area (Å²) in [4.78, 5) is 2.41. The number of nitrogens with zero attached hydrogens (tertiary/aromatic N) is 1. The molecule has 9 rings (SSSR count). The van der Waals surface area contributed by atoms with Crippen molar-refractivity contribution in [3.05, 3.63) is 151 Å². The molecule has 0 N–H and O–H groups in total. The van der Waals surface area contributed by atoms with Crippen LogP contribution in [-0.2, 0) is 5.41 Å². The molecule has 1 heterocycles. The Morgan fingerprint density at radius 3 is 2.07 bits per heavy atom. The number of para-hydroxylation sites is 1. The van der Waals surface area contributed by atoms with Crippen LogP contribution in [0.25, 0.3) is 52.8 Å². The molecule has 1 aliphatic rings. The molecule has 0 aliphatic heterocycles. The normalized spacial score (nSPS) is 13.5. The SMILES string of the molecule is CC1(C)c2ccccc2-c2cc(N(c3ccccc3)c3ccc4c(c3)sc3c4ccc4ccc5ccccc5c43)ccc21. The largest absolute Gasteiger partial charge is 0.310 e. The summed E-state index contributed by atoms with van der Waals surface area (Å²) in [7, 11) is 0. The van der Waals surface area contributed by atoms with Crippen LogP contribution in [0, 0.1) is 0 Å². The Balaban J connectivity index is 1.26. The Morgan fingerprint density at radius 1 is 0.488 bits per heavy atom. The first kappa shape index (κ1) is 24.7. The Bertz CT molecular complexity index is 2380. The van der Waals surface area contributed by atoms with Gasteiger partial charge in [0.15, 0.2) is 0 Å². The van der Waals surface area contributed by atoms with Gasteiger partial charge in [0.2, 0.25) is 0 Å². The maximum Gasteiger partial charge on any atom is 0.0476 e. The molecule has 0 amide bonds. The molecule has 0 saturated heterocycles. The van der Waals surface area contributed by atoms with Crippen LogP contribution in [0.3, 0.4) is 0 Å². The molecular weight excluding hydrogens is 539 g/mol. The van der Waals surface area contributed by atoms with E-state index < -0.39 is 0 Å². The van der Waals surface area contributed by atoms with Crippen LogP contribution < -0.4 is 4.90 Å². The molecule has 1 nitrogen and oxygen atoms in total. The van der Waals surface area contributed by atoms with Crippen LogP contribution in [-0.4, -0.2) is 0 Å². The van der Waals surface area contributed by atoms with Crippen LogP contribution in [0.1, 0.15) is 25.0 Å². The Labute approximate surface area is 255 Å². The molecule has 204 valence electrons. The number of hydrogen-bond donors (Lipinski definition) is 0. The van der Waals surface area contributed by atoms with Gasteiger partial charge in [-0.05, 0) is 74.8 Å². The molecule has 7 aromatic carbocycles. The van der Waals surface area contributed by atoms with Gasteiger partial charge in [-0.15, -0.1) is 11.3 Å². The van der Waals surface area contributed by atoms with Crippen molar-refractivity contribution in [1.29, 1.82) is 0 Å². The third kappa shape index (κ3) is 3.57. The lowest BCUT2D eigenvalue weighted by Crippen LogP contribution is -2.15. The number of anilines is 3. The van der Waals surface area contributed by atoms with Gasteiger partial charge in [-0.3, -0.25) is 0 Å². The molecule has 43 heavy (non-hydrogen) atoms. The summed E-state index contributed by atoms with van der Waals surface area (Å²) in [5.74, 6) is 0. The molecule has 0 atom stereocenters. The molecule has 1 aromatic heterocycles. The van der Waals surface area contributed by atoms with E-state index in [-0.39, 0.29) is 5.41 Å². The van der Waals surface area contributed by atoms with E-state index in [4.69, 9.17) is 0 Å². The number of fused-ring (bicyclic) bond motifs is 10. The average molecular weight is 568 g/mol. The summed E-state index contributed by atoms with van der Waals surface area (Å²) in [6.45, 7) is 4.68. The minimum Gasteiger partial charge on any atom is -0.310 e. The van der Waals surface area contributed by atoms with Crippen molar-refractivity contribution < 1.29 is 0 Å². The fourth-order valence-corrected chi connectivity index (χ4v) is 8.63. The summed E-state index contributed by atoms with van der Waals surface area (Å²) < 4.78 is 2.67. The fraction of sp³-hybridized carbons (Fsp3) is 0.0732. The lowest BCUT2D eigenvalue weighted by atomic mass is 9.82. The third-order valence-corrected chi connectivity index (χ3v) is 10.6. The number of benzene rings is 7. The van der Waals surface area contributed by atoms with Crippen LogP contribution >= 0.6 is 11.3 Å². The topological polar surface area (TPSA) is 3.24 Å². The highest BCUT2D eigenvalue weighted by Gasteiger charge is 2.35. The molecular formula is C41H29NS. The zero-order chi connectivity index (χ0) is 28.7. The Kier molecular flexibility index (Phi) is 5.18. The summed E-state index contributed by atoms with van der Waals surface area (Å²) >= 11 is 1.91. The van der Waals surface area contributed by atoms with Gasteiger partial charge in [-0.2, -0.15) is 0 Å². The first-order valence-corrected chi connectivity index (χ1v) is 15.8. The smallest absolute Gasteiger partial charge is 0.0476 e. The highest BCUT2D eigenvalue weighted by atomic mass is 32.1. The van der Waals surface area contributed by atoms with Gasteiger partial charge in [0.25, 0.3) is 0 Å². The molecule has 1 aliphatic carbocycles. The minimum atomic E-state index is -0.00896. The molecule has 0 fully saturated rings. The van der Waals surface area contributed by atoms with Crippen LogP contribution in [0.4, 0.5) is 17.1 Å².